The summed E-state index contributed by atoms with van der Waals surface area (Å²) in [7, 11) is 0. The maximum atomic E-state index is 10.6. The lowest BCUT2D eigenvalue weighted by atomic mass is 10.2. The van der Waals surface area contributed by atoms with Crippen molar-refractivity contribution in [3.8, 4) is 11.5 Å². The zero-order valence-electron chi connectivity index (χ0n) is 10.7. The Balaban J connectivity index is 0.000000217. The highest BCUT2D eigenvalue weighted by Gasteiger charge is 2.00. The van der Waals surface area contributed by atoms with Gasteiger partial charge in [0, 0.05) is 10.7 Å². The largest absolute Gasteiger partial charge is 0.504 e. The molecule has 3 N–H and O–H groups in total. The minimum Gasteiger partial charge on any atom is -0.504 e. The van der Waals surface area contributed by atoms with Gasteiger partial charge in [-0.15, -0.1) is 0 Å². The summed E-state index contributed by atoms with van der Waals surface area (Å²) in [5.41, 5.74) is 1.66. The van der Waals surface area contributed by atoms with Crippen molar-refractivity contribution in [2.24, 2.45) is 0 Å². The van der Waals surface area contributed by atoms with Crippen molar-refractivity contribution in [2.75, 3.05) is 5.32 Å². The van der Waals surface area contributed by atoms with Gasteiger partial charge in [-0.3, -0.25) is 4.79 Å². The number of hydrogen-bond donors (Lipinski definition) is 4. The number of phenolic OH excluding ortho intramolecular Hbond substituents is 2. The highest BCUT2D eigenvalue weighted by molar-refractivity contribution is 7.96. The van der Waals surface area contributed by atoms with Crippen LogP contribution in [0.4, 0.5) is 10.5 Å². The number of nitrogens with one attached hydrogen (secondary N) is 1. The van der Waals surface area contributed by atoms with Crippen LogP contribution in [0.1, 0.15) is 5.56 Å². The molecule has 0 atom stereocenters. The molecule has 4 nitrogen and oxygen atoms in total. The SMILES string of the molecule is Cc1cc(Cl)ccc1NC(=O)S.Oc1ccccc1O. The van der Waals surface area contributed by atoms with E-state index >= 15 is 0 Å². The fourth-order valence-corrected chi connectivity index (χ4v) is 1.69. The van der Waals surface area contributed by atoms with Crippen LogP contribution in [0.15, 0.2) is 42.5 Å². The van der Waals surface area contributed by atoms with Crippen LogP contribution in [0.5, 0.6) is 11.5 Å². The van der Waals surface area contributed by atoms with Gasteiger partial charge in [-0.05, 0) is 42.8 Å². The molecule has 106 valence electrons. The Hall–Kier alpha value is -1.85. The summed E-state index contributed by atoms with van der Waals surface area (Å²) in [6.07, 6.45) is 0. The smallest absolute Gasteiger partial charge is 0.280 e. The predicted octanol–water partition coefficient (Wildman–Crippen LogP) is 4.21. The molecule has 0 aliphatic rings. The van der Waals surface area contributed by atoms with E-state index in [9.17, 15) is 4.79 Å². The van der Waals surface area contributed by atoms with Crippen LogP contribution in [0, 0.1) is 6.92 Å². The molecule has 2 aromatic rings. The Morgan fingerprint density at radius 1 is 1.15 bits per heavy atom. The first-order chi connectivity index (χ1) is 9.40. The molecule has 0 saturated heterocycles. The fourth-order valence-electron chi connectivity index (χ4n) is 1.35. The van der Waals surface area contributed by atoms with Gasteiger partial charge in [-0.25, -0.2) is 0 Å². The lowest BCUT2D eigenvalue weighted by Crippen LogP contribution is -2.02. The molecule has 0 aliphatic heterocycles. The predicted molar refractivity (Wildman–Crippen MR) is 84.0 cm³/mol. The van der Waals surface area contributed by atoms with E-state index in [0.29, 0.717) is 5.02 Å². The fraction of sp³-hybridized carbons (Fsp3) is 0.0714. The number of carbonyl (C=O) groups excluding carboxylic acids is 1. The highest BCUT2D eigenvalue weighted by atomic mass is 35.5. The number of para-hydroxylation sites is 2. The van der Waals surface area contributed by atoms with Crippen molar-refractivity contribution in [2.45, 2.75) is 6.92 Å². The topological polar surface area (TPSA) is 69.6 Å². The molecule has 0 saturated carbocycles. The zero-order chi connectivity index (χ0) is 15.1. The number of carbonyl (C=O) groups is 1. The number of benzene rings is 2. The number of amides is 1. The minimum atomic E-state index is -0.375. The van der Waals surface area contributed by atoms with Crippen molar-refractivity contribution in [3.05, 3.63) is 53.1 Å². The summed E-state index contributed by atoms with van der Waals surface area (Å²) in [6, 6.07) is 11.4. The summed E-state index contributed by atoms with van der Waals surface area (Å²) >= 11 is 9.32. The number of aromatic hydroxyl groups is 2. The van der Waals surface area contributed by atoms with Gasteiger partial charge in [-0.1, -0.05) is 36.4 Å². The number of hydrogen-bond acceptors (Lipinski definition) is 3. The molecule has 0 heterocycles. The van der Waals surface area contributed by atoms with Gasteiger partial charge in [0.1, 0.15) is 0 Å². The van der Waals surface area contributed by atoms with Crippen LogP contribution in [0.25, 0.3) is 0 Å². The molecule has 0 unspecified atom stereocenters. The third-order valence-corrected chi connectivity index (χ3v) is 2.66. The molecule has 20 heavy (non-hydrogen) atoms. The van der Waals surface area contributed by atoms with Crippen molar-refractivity contribution >= 4 is 35.2 Å². The van der Waals surface area contributed by atoms with E-state index in [1.807, 2.05) is 6.92 Å². The summed E-state index contributed by atoms with van der Waals surface area (Å²) < 4.78 is 0. The van der Waals surface area contributed by atoms with Crippen LogP contribution >= 0.6 is 24.2 Å². The molecule has 0 aromatic heterocycles. The van der Waals surface area contributed by atoms with Crippen molar-refractivity contribution in [3.63, 3.8) is 0 Å². The Morgan fingerprint density at radius 2 is 1.70 bits per heavy atom. The van der Waals surface area contributed by atoms with E-state index in [-0.39, 0.29) is 16.7 Å². The van der Waals surface area contributed by atoms with E-state index in [0.717, 1.165) is 11.3 Å². The highest BCUT2D eigenvalue weighted by Crippen LogP contribution is 2.21. The number of rotatable bonds is 1. The quantitative estimate of drug-likeness (QED) is 0.471. The maximum absolute atomic E-state index is 10.6. The van der Waals surface area contributed by atoms with Crippen LogP contribution in [-0.2, 0) is 0 Å². The Morgan fingerprint density at radius 3 is 2.10 bits per heavy atom. The minimum absolute atomic E-state index is 0.0764. The standard InChI is InChI=1S/C8H8ClNOS.C6H6O2/c1-5-4-6(9)2-3-7(5)10-8(11)12;7-5-3-1-2-4-6(5)8/h2-4H,1H3,(H2,10,11,12);1-4,7-8H. The molecule has 0 fully saturated rings. The molecule has 0 radical (unpaired) electrons. The average Bonchev–Trinajstić information content (AvgIpc) is 2.37. The molecule has 0 spiro atoms. The zero-order valence-corrected chi connectivity index (χ0v) is 12.3. The van der Waals surface area contributed by atoms with Gasteiger partial charge in [0.05, 0.1) is 0 Å². The number of anilines is 1. The normalized spacial score (nSPS) is 9.35. The molecule has 2 aromatic carbocycles. The summed E-state index contributed by atoms with van der Waals surface area (Å²) in [5.74, 6) is -0.153. The van der Waals surface area contributed by atoms with Crippen LogP contribution < -0.4 is 5.32 Å². The Kier molecular flexibility index (Phi) is 6.21. The van der Waals surface area contributed by atoms with E-state index in [4.69, 9.17) is 21.8 Å². The third kappa shape index (κ3) is 5.42. The summed E-state index contributed by atoms with van der Waals surface area (Å²) in [6.45, 7) is 1.87. The van der Waals surface area contributed by atoms with Crippen LogP contribution in [-0.4, -0.2) is 15.5 Å². The Bertz CT molecular complexity index is 584. The van der Waals surface area contributed by atoms with Gasteiger partial charge < -0.3 is 15.5 Å². The number of thiol groups is 1. The van der Waals surface area contributed by atoms with Gasteiger partial charge in [-0.2, -0.15) is 0 Å². The van der Waals surface area contributed by atoms with Crippen molar-refractivity contribution in [1.29, 1.82) is 0 Å². The van der Waals surface area contributed by atoms with Crippen LogP contribution in [0.2, 0.25) is 5.02 Å². The number of aryl methyl sites for hydroxylation is 1. The van der Waals surface area contributed by atoms with Gasteiger partial charge in [0.25, 0.3) is 5.24 Å². The molecule has 0 bridgehead atoms. The first-order valence-corrected chi connectivity index (χ1v) is 6.45. The van der Waals surface area contributed by atoms with Gasteiger partial charge in [0.2, 0.25) is 0 Å². The van der Waals surface area contributed by atoms with E-state index in [1.54, 1.807) is 30.3 Å². The summed E-state index contributed by atoms with van der Waals surface area (Å²) in [5, 5.41) is 20.2. The molecular weight excluding hydrogens is 298 g/mol. The average molecular weight is 312 g/mol. The molecule has 0 aliphatic carbocycles. The van der Waals surface area contributed by atoms with Gasteiger partial charge in [0.15, 0.2) is 11.5 Å². The first kappa shape index (κ1) is 16.2. The monoisotopic (exact) mass is 311 g/mol. The maximum Gasteiger partial charge on any atom is 0.280 e. The van der Waals surface area contributed by atoms with Crippen molar-refractivity contribution in [1.82, 2.24) is 0 Å². The molecule has 1 amide bonds. The second-order valence-corrected chi connectivity index (χ2v) is 4.72. The molecular formula is C14H14ClNO3S. The van der Waals surface area contributed by atoms with E-state index < -0.39 is 0 Å². The van der Waals surface area contributed by atoms with Crippen LogP contribution in [0.3, 0.4) is 0 Å². The van der Waals surface area contributed by atoms with Gasteiger partial charge >= 0.3 is 0 Å². The van der Waals surface area contributed by atoms with E-state index in [2.05, 4.69) is 17.9 Å². The van der Waals surface area contributed by atoms with Crippen molar-refractivity contribution < 1.29 is 15.0 Å². The number of halogens is 1. The second kappa shape index (κ2) is 7.67. The lowest BCUT2D eigenvalue weighted by Gasteiger charge is -2.04. The Labute approximate surface area is 127 Å². The second-order valence-electron chi connectivity index (χ2n) is 3.88. The summed E-state index contributed by atoms with van der Waals surface area (Å²) in [4.78, 5) is 10.6. The number of phenols is 2. The third-order valence-electron chi connectivity index (χ3n) is 2.31. The molecule has 2 rings (SSSR count). The lowest BCUT2D eigenvalue weighted by molar-refractivity contribution is 0.270. The first-order valence-electron chi connectivity index (χ1n) is 5.63. The molecule has 6 heteroatoms. The van der Waals surface area contributed by atoms with E-state index in [1.165, 1.54) is 12.1 Å².